The molecular formula is C16H20N4O2. The van der Waals surface area contributed by atoms with E-state index < -0.39 is 0 Å². The van der Waals surface area contributed by atoms with Crippen molar-refractivity contribution in [3.63, 3.8) is 0 Å². The van der Waals surface area contributed by atoms with E-state index in [4.69, 9.17) is 0 Å². The van der Waals surface area contributed by atoms with Crippen molar-refractivity contribution in [1.29, 1.82) is 0 Å². The van der Waals surface area contributed by atoms with E-state index in [0.717, 1.165) is 31.5 Å². The van der Waals surface area contributed by atoms with Crippen LogP contribution in [-0.4, -0.2) is 51.8 Å². The molecule has 1 aliphatic rings. The summed E-state index contributed by atoms with van der Waals surface area (Å²) in [5, 5.41) is 12.8. The molecule has 2 heterocycles. The molecule has 0 atom stereocenters. The highest BCUT2D eigenvalue weighted by Crippen LogP contribution is 2.21. The number of phenolic OH excluding ortho intramolecular Hbond substituents is 1. The summed E-state index contributed by atoms with van der Waals surface area (Å²) in [4.78, 5) is 18.6. The van der Waals surface area contributed by atoms with Gasteiger partial charge in [-0.15, -0.1) is 0 Å². The van der Waals surface area contributed by atoms with Gasteiger partial charge in [0.2, 0.25) is 0 Å². The number of phenols is 1. The molecule has 2 aromatic rings. The Morgan fingerprint density at radius 2 is 2.18 bits per heavy atom. The number of hydrogen-bond donors (Lipinski definition) is 2. The molecule has 1 fully saturated rings. The lowest BCUT2D eigenvalue weighted by Crippen LogP contribution is -2.45. The van der Waals surface area contributed by atoms with E-state index in [9.17, 15) is 9.90 Å². The molecule has 6 heteroatoms. The van der Waals surface area contributed by atoms with Crippen LogP contribution in [0.2, 0.25) is 0 Å². The third-order valence-electron chi connectivity index (χ3n) is 4.10. The van der Waals surface area contributed by atoms with Crippen LogP contribution < -0.4 is 5.32 Å². The second-order valence-electron chi connectivity index (χ2n) is 5.59. The van der Waals surface area contributed by atoms with Gasteiger partial charge < -0.3 is 15.3 Å². The van der Waals surface area contributed by atoms with E-state index >= 15 is 0 Å². The van der Waals surface area contributed by atoms with E-state index in [1.165, 1.54) is 10.9 Å². The number of carbonyl (C=O) groups is 1. The van der Waals surface area contributed by atoms with Gasteiger partial charge in [-0.25, -0.2) is 9.78 Å². The predicted molar refractivity (Wildman–Crippen MR) is 83.8 cm³/mol. The highest BCUT2D eigenvalue weighted by Gasteiger charge is 2.23. The van der Waals surface area contributed by atoms with Crippen LogP contribution in [0, 0.1) is 0 Å². The summed E-state index contributed by atoms with van der Waals surface area (Å²) in [5.74, 6) is 0.185. The number of nitrogens with zero attached hydrogens (tertiary/aromatic N) is 3. The average Bonchev–Trinajstić information content (AvgIpc) is 3.04. The second kappa shape index (κ2) is 6.19. The van der Waals surface area contributed by atoms with Crippen LogP contribution in [0.4, 0.5) is 4.79 Å². The number of carbonyl (C=O) groups excluding carboxylic acids is 1. The van der Waals surface area contributed by atoms with Crippen LogP contribution in [0.5, 0.6) is 5.75 Å². The Kier molecular flexibility index (Phi) is 4.11. The number of aromatic hydroxyl groups is 1. The predicted octanol–water partition coefficient (Wildman–Crippen LogP) is 1.91. The fourth-order valence-corrected chi connectivity index (χ4v) is 2.77. The molecule has 3 rings (SSSR count). The zero-order valence-corrected chi connectivity index (χ0v) is 12.6. The quantitative estimate of drug-likeness (QED) is 0.889. The summed E-state index contributed by atoms with van der Waals surface area (Å²) in [6.45, 7) is 1.89. The van der Waals surface area contributed by atoms with Crippen molar-refractivity contribution in [3.05, 3.63) is 36.8 Å². The third-order valence-corrected chi connectivity index (χ3v) is 4.10. The molecule has 2 N–H and O–H groups in total. The fourth-order valence-electron chi connectivity index (χ4n) is 2.77. The van der Waals surface area contributed by atoms with Gasteiger partial charge in [-0.3, -0.25) is 4.57 Å². The molecule has 116 valence electrons. The first-order valence-electron chi connectivity index (χ1n) is 7.46. The molecule has 22 heavy (non-hydrogen) atoms. The van der Waals surface area contributed by atoms with Gasteiger partial charge in [-0.1, -0.05) is 12.1 Å². The number of rotatable bonds is 2. The number of imidazole rings is 1. The largest absolute Gasteiger partial charge is 0.508 e. The van der Waals surface area contributed by atoms with Crippen molar-refractivity contribution in [2.75, 3.05) is 20.1 Å². The first-order chi connectivity index (χ1) is 10.6. The van der Waals surface area contributed by atoms with Gasteiger partial charge in [-0.05, 0) is 38.1 Å². The van der Waals surface area contributed by atoms with Gasteiger partial charge in [0.05, 0.1) is 5.69 Å². The fraction of sp³-hybridized carbons (Fsp3) is 0.375. The van der Waals surface area contributed by atoms with Gasteiger partial charge in [0.15, 0.2) is 0 Å². The number of hydrogen-bond acceptors (Lipinski definition) is 4. The Morgan fingerprint density at radius 1 is 1.41 bits per heavy atom. The monoisotopic (exact) mass is 300 g/mol. The van der Waals surface area contributed by atoms with Crippen molar-refractivity contribution in [1.82, 2.24) is 19.8 Å². The Bertz CT molecular complexity index is 662. The highest BCUT2D eigenvalue weighted by atomic mass is 16.3. The molecule has 1 aliphatic heterocycles. The molecule has 0 spiro atoms. The van der Waals surface area contributed by atoms with Crippen LogP contribution in [0.3, 0.4) is 0 Å². The van der Waals surface area contributed by atoms with Crippen molar-refractivity contribution in [2.45, 2.75) is 18.9 Å². The van der Waals surface area contributed by atoms with Crippen molar-refractivity contribution < 1.29 is 9.90 Å². The minimum atomic E-state index is -0.0780. The molecule has 0 aliphatic carbocycles. The van der Waals surface area contributed by atoms with E-state index in [1.807, 2.05) is 13.1 Å². The first-order valence-corrected chi connectivity index (χ1v) is 7.46. The van der Waals surface area contributed by atoms with Crippen LogP contribution in [0.25, 0.3) is 11.3 Å². The van der Waals surface area contributed by atoms with Crippen LogP contribution in [-0.2, 0) is 0 Å². The van der Waals surface area contributed by atoms with Gasteiger partial charge in [0, 0.05) is 24.8 Å². The maximum Gasteiger partial charge on any atom is 0.329 e. The molecule has 1 amide bonds. The maximum atomic E-state index is 12.5. The van der Waals surface area contributed by atoms with Crippen LogP contribution >= 0.6 is 0 Å². The standard InChI is InChI=1S/C16H20N4O2/c1-19(13-5-7-17-8-6-13)16(22)20-10-15(18-11-20)12-3-2-4-14(21)9-12/h2-4,9-11,13,17,21H,5-8H2,1H3. The van der Waals surface area contributed by atoms with Crippen molar-refractivity contribution in [3.8, 4) is 17.0 Å². The molecule has 0 saturated carbocycles. The molecule has 0 radical (unpaired) electrons. The first kappa shape index (κ1) is 14.6. The summed E-state index contributed by atoms with van der Waals surface area (Å²) >= 11 is 0. The van der Waals surface area contributed by atoms with Crippen molar-refractivity contribution >= 4 is 6.03 Å². The SMILES string of the molecule is CN(C(=O)n1cnc(-c2cccc(O)c2)c1)C1CCNCC1. The zero-order chi connectivity index (χ0) is 15.5. The molecule has 6 nitrogen and oxygen atoms in total. The van der Waals surface area contributed by atoms with Gasteiger partial charge in [-0.2, -0.15) is 0 Å². The molecule has 1 aromatic heterocycles. The molecule has 0 bridgehead atoms. The Balaban J connectivity index is 1.76. The van der Waals surface area contributed by atoms with E-state index in [-0.39, 0.29) is 17.8 Å². The summed E-state index contributed by atoms with van der Waals surface area (Å²) in [5.41, 5.74) is 1.46. The molecular weight excluding hydrogens is 280 g/mol. The lowest BCUT2D eigenvalue weighted by atomic mass is 10.1. The molecule has 1 saturated heterocycles. The smallest absolute Gasteiger partial charge is 0.329 e. The Hall–Kier alpha value is -2.34. The van der Waals surface area contributed by atoms with E-state index in [0.29, 0.717) is 5.69 Å². The topological polar surface area (TPSA) is 70.4 Å². The summed E-state index contributed by atoms with van der Waals surface area (Å²) < 4.78 is 1.50. The van der Waals surface area contributed by atoms with Gasteiger partial charge >= 0.3 is 6.03 Å². The summed E-state index contributed by atoms with van der Waals surface area (Å²) in [6.07, 6.45) is 5.17. The van der Waals surface area contributed by atoms with E-state index in [2.05, 4.69) is 10.3 Å². The number of nitrogens with one attached hydrogen (secondary N) is 1. The number of piperidine rings is 1. The Labute approximate surface area is 129 Å². The maximum absolute atomic E-state index is 12.5. The summed E-state index contributed by atoms with van der Waals surface area (Å²) in [6, 6.07) is 7.04. The molecule has 0 unspecified atom stereocenters. The van der Waals surface area contributed by atoms with Crippen molar-refractivity contribution in [2.24, 2.45) is 0 Å². The zero-order valence-electron chi connectivity index (χ0n) is 12.6. The minimum Gasteiger partial charge on any atom is -0.508 e. The number of benzene rings is 1. The molecule has 1 aromatic carbocycles. The Morgan fingerprint density at radius 3 is 2.91 bits per heavy atom. The third kappa shape index (κ3) is 2.96. The average molecular weight is 300 g/mol. The summed E-state index contributed by atoms with van der Waals surface area (Å²) in [7, 11) is 1.84. The lowest BCUT2D eigenvalue weighted by molar-refractivity contribution is 0.178. The van der Waals surface area contributed by atoms with Crippen LogP contribution in [0.15, 0.2) is 36.8 Å². The normalized spacial score (nSPS) is 15.7. The van der Waals surface area contributed by atoms with Gasteiger partial charge in [0.1, 0.15) is 12.1 Å². The highest BCUT2D eigenvalue weighted by molar-refractivity contribution is 5.78. The van der Waals surface area contributed by atoms with E-state index in [1.54, 1.807) is 29.3 Å². The minimum absolute atomic E-state index is 0.0780. The lowest BCUT2D eigenvalue weighted by Gasteiger charge is -2.31. The number of aromatic nitrogens is 2. The van der Waals surface area contributed by atoms with Crippen LogP contribution in [0.1, 0.15) is 12.8 Å². The number of amides is 1. The second-order valence-corrected chi connectivity index (χ2v) is 5.59. The van der Waals surface area contributed by atoms with Gasteiger partial charge in [0.25, 0.3) is 0 Å².